The van der Waals surface area contributed by atoms with E-state index in [1.165, 1.54) is 26.0 Å². The Morgan fingerprint density at radius 3 is 2.51 bits per heavy atom. The third-order valence-corrected chi connectivity index (χ3v) is 12.6. The lowest BCUT2D eigenvalue weighted by molar-refractivity contribution is -0.101. The van der Waals surface area contributed by atoms with Crippen molar-refractivity contribution in [1.29, 1.82) is 0 Å². The molecule has 5 fully saturated rings. The molecule has 2 aromatic carbocycles. The van der Waals surface area contributed by atoms with E-state index in [1.54, 1.807) is 30.3 Å². The minimum absolute atomic E-state index is 0.0340. The fourth-order valence-electron chi connectivity index (χ4n) is 10.0. The molecule has 0 amide bonds. The van der Waals surface area contributed by atoms with E-state index in [1.807, 2.05) is 18.7 Å². The maximum atomic E-state index is 17.1. The van der Waals surface area contributed by atoms with Gasteiger partial charge in [0.2, 0.25) is 5.88 Å². The molecule has 10 nitrogen and oxygen atoms in total. The van der Waals surface area contributed by atoms with Crippen LogP contribution < -0.4 is 14.4 Å². The van der Waals surface area contributed by atoms with E-state index < -0.39 is 17.7 Å². The summed E-state index contributed by atoms with van der Waals surface area (Å²) in [7, 11) is 1.46. The van der Waals surface area contributed by atoms with Crippen LogP contribution >= 0.6 is 0 Å². The number of fused-ring (bicyclic) bond motifs is 3. The first-order chi connectivity index (χ1) is 25.9. The van der Waals surface area contributed by atoms with Crippen LogP contribution in [0.5, 0.6) is 11.9 Å². The molecule has 1 N–H and O–H groups in total. The van der Waals surface area contributed by atoms with Crippen molar-refractivity contribution in [3.8, 4) is 23.1 Å². The van der Waals surface area contributed by atoms with Crippen molar-refractivity contribution < 1.29 is 32.8 Å². The number of ether oxygens (including phenoxy) is 4. The number of hydrogen-bond donors (Lipinski definition) is 1. The molecule has 2 aliphatic carbocycles. The van der Waals surface area contributed by atoms with E-state index in [2.05, 4.69) is 9.88 Å². The number of aromatic nitrogens is 3. The standard InChI is InChI=1S/C39H45F2N5O5.C2H6/c1-48-36-31-34(32(41)33(42-36)26-8-2-6-24-7-3-9-27(40)30(24)26)43-37(44-35(31)45-17-19-49-21-25(47)20-45)51-23-38-12-4-10-28(38)46(16-5-13-38)29-11-14-39(29)15-18-50-22-39;1-2/h2-3,6-9,25,28-29,47H,4-5,10-23H2,1H3;1-2H3. The van der Waals surface area contributed by atoms with Crippen LogP contribution in [0.25, 0.3) is 32.9 Å². The predicted molar refractivity (Wildman–Crippen MR) is 200 cm³/mol. The van der Waals surface area contributed by atoms with Crippen molar-refractivity contribution in [2.75, 3.05) is 64.7 Å². The molecule has 12 heteroatoms. The molecular formula is C41H51F2N5O5. The van der Waals surface area contributed by atoms with Gasteiger partial charge in [-0.05, 0) is 62.9 Å². The van der Waals surface area contributed by atoms with Gasteiger partial charge in [0, 0.05) is 53.6 Å². The quantitative estimate of drug-likeness (QED) is 0.215. The number of anilines is 1. The number of rotatable bonds is 7. The Labute approximate surface area is 309 Å². The second-order valence-electron chi connectivity index (χ2n) is 15.3. The van der Waals surface area contributed by atoms with E-state index in [0.29, 0.717) is 54.0 Å². The molecule has 3 saturated heterocycles. The zero-order valence-electron chi connectivity index (χ0n) is 31.1. The minimum Gasteiger partial charge on any atom is -0.480 e. The van der Waals surface area contributed by atoms with Gasteiger partial charge in [0.15, 0.2) is 5.82 Å². The molecule has 53 heavy (non-hydrogen) atoms. The Kier molecular flexibility index (Phi) is 10.2. The largest absolute Gasteiger partial charge is 0.480 e. The van der Waals surface area contributed by atoms with Crippen molar-refractivity contribution in [2.24, 2.45) is 10.8 Å². The van der Waals surface area contributed by atoms with Crippen LogP contribution in [-0.4, -0.2) is 103 Å². The Balaban J connectivity index is 0.00000197. The molecule has 2 saturated carbocycles. The van der Waals surface area contributed by atoms with Gasteiger partial charge in [0.05, 0.1) is 39.6 Å². The maximum absolute atomic E-state index is 17.1. The lowest BCUT2D eigenvalue weighted by Gasteiger charge is -2.58. The van der Waals surface area contributed by atoms with E-state index >= 15 is 8.78 Å². The van der Waals surface area contributed by atoms with Gasteiger partial charge < -0.3 is 29.0 Å². The Bertz CT molecular complexity index is 1950. The van der Waals surface area contributed by atoms with Crippen molar-refractivity contribution in [2.45, 2.75) is 83.4 Å². The number of pyridine rings is 1. The molecular weight excluding hydrogens is 680 g/mol. The number of hydrogen-bond acceptors (Lipinski definition) is 10. The maximum Gasteiger partial charge on any atom is 0.319 e. The lowest BCUT2D eigenvalue weighted by atomic mass is 9.61. The summed E-state index contributed by atoms with van der Waals surface area (Å²) >= 11 is 0. The van der Waals surface area contributed by atoms with Gasteiger partial charge in [-0.2, -0.15) is 9.97 Å². The minimum atomic E-state index is -0.782. The van der Waals surface area contributed by atoms with Crippen molar-refractivity contribution >= 4 is 27.5 Å². The SMILES string of the molecule is CC.COc1nc(-c2cccc3cccc(F)c23)c(F)c2nc(OCC34CCCC3N(C3CCC35CCOC5)CCC4)nc(N3CCOCC(O)C3)c12. The molecule has 5 unspecified atom stereocenters. The molecule has 5 heterocycles. The summed E-state index contributed by atoms with van der Waals surface area (Å²) in [4.78, 5) is 18.9. The highest BCUT2D eigenvalue weighted by Crippen LogP contribution is 2.56. The first-order valence-corrected chi connectivity index (χ1v) is 19.5. The van der Waals surface area contributed by atoms with Gasteiger partial charge in [-0.25, -0.2) is 13.8 Å². The number of aliphatic hydroxyl groups excluding tert-OH is 1. The highest BCUT2D eigenvalue weighted by molar-refractivity contribution is 6.01. The highest BCUT2D eigenvalue weighted by Gasteiger charge is 2.57. The predicted octanol–water partition coefficient (Wildman–Crippen LogP) is 6.94. The number of nitrogens with zero attached hydrogens (tertiary/aromatic N) is 5. The van der Waals surface area contributed by atoms with Gasteiger partial charge in [-0.15, -0.1) is 0 Å². The van der Waals surface area contributed by atoms with Crippen LogP contribution in [-0.2, 0) is 9.47 Å². The van der Waals surface area contributed by atoms with Crippen LogP contribution in [0.3, 0.4) is 0 Å². The fourth-order valence-corrected chi connectivity index (χ4v) is 10.0. The Morgan fingerprint density at radius 1 is 0.906 bits per heavy atom. The molecule has 2 aromatic heterocycles. The zero-order valence-corrected chi connectivity index (χ0v) is 31.1. The van der Waals surface area contributed by atoms with Crippen molar-refractivity contribution in [1.82, 2.24) is 19.9 Å². The fraction of sp³-hybridized carbons (Fsp3) is 0.585. The summed E-state index contributed by atoms with van der Waals surface area (Å²) in [6.45, 7) is 8.39. The summed E-state index contributed by atoms with van der Waals surface area (Å²) in [6.07, 6.45) is 8.31. The van der Waals surface area contributed by atoms with Crippen LogP contribution in [0.15, 0.2) is 36.4 Å². The summed E-state index contributed by atoms with van der Waals surface area (Å²) in [5, 5.41) is 11.8. The number of β-amino-alcohol motifs (C(OH)–C–C–N with tert-alkyl or cyclic N) is 1. The van der Waals surface area contributed by atoms with Crippen LogP contribution in [0.2, 0.25) is 0 Å². The normalized spacial score (nSPS) is 28.7. The topological polar surface area (TPSA) is 102 Å². The monoisotopic (exact) mass is 731 g/mol. The van der Waals surface area contributed by atoms with Crippen molar-refractivity contribution in [3.05, 3.63) is 48.0 Å². The third kappa shape index (κ3) is 6.29. The lowest BCUT2D eigenvalue weighted by Crippen LogP contribution is -2.63. The number of aliphatic hydroxyl groups is 1. The van der Waals surface area contributed by atoms with E-state index in [4.69, 9.17) is 28.9 Å². The number of likely N-dealkylation sites (tertiary alicyclic amines) is 1. The highest BCUT2D eigenvalue weighted by atomic mass is 19.1. The number of benzene rings is 2. The van der Waals surface area contributed by atoms with E-state index in [0.717, 1.165) is 58.3 Å². The smallest absolute Gasteiger partial charge is 0.319 e. The van der Waals surface area contributed by atoms with Gasteiger partial charge in [0.1, 0.15) is 28.2 Å². The zero-order chi connectivity index (χ0) is 36.7. The molecule has 0 radical (unpaired) electrons. The summed E-state index contributed by atoms with van der Waals surface area (Å²) < 4.78 is 56.3. The number of piperidine rings is 1. The second kappa shape index (κ2) is 14.8. The Hall–Kier alpha value is -3.71. The number of methoxy groups -OCH3 is 1. The van der Waals surface area contributed by atoms with Crippen LogP contribution in [0.1, 0.15) is 65.2 Å². The average Bonchev–Trinajstić information content (AvgIpc) is 3.81. The van der Waals surface area contributed by atoms with E-state index in [-0.39, 0.29) is 52.4 Å². The first-order valence-electron chi connectivity index (χ1n) is 19.5. The molecule has 5 atom stereocenters. The summed E-state index contributed by atoms with van der Waals surface area (Å²) in [5.74, 6) is -0.758. The molecule has 9 rings (SSSR count). The second-order valence-corrected chi connectivity index (χ2v) is 15.3. The van der Waals surface area contributed by atoms with Gasteiger partial charge in [-0.1, -0.05) is 50.6 Å². The Morgan fingerprint density at radius 2 is 1.74 bits per heavy atom. The van der Waals surface area contributed by atoms with Gasteiger partial charge >= 0.3 is 6.01 Å². The summed E-state index contributed by atoms with van der Waals surface area (Å²) in [5.41, 5.74) is 0.418. The van der Waals surface area contributed by atoms with Crippen LogP contribution in [0.4, 0.5) is 14.6 Å². The molecule has 0 bridgehead atoms. The average molecular weight is 732 g/mol. The molecule has 1 spiro atoms. The molecule has 284 valence electrons. The molecule has 5 aliphatic rings. The van der Waals surface area contributed by atoms with Gasteiger partial charge in [0.25, 0.3) is 0 Å². The van der Waals surface area contributed by atoms with Crippen LogP contribution in [0, 0.1) is 22.5 Å². The van der Waals surface area contributed by atoms with Gasteiger partial charge in [-0.3, -0.25) is 4.90 Å². The van der Waals surface area contributed by atoms with E-state index in [9.17, 15) is 5.11 Å². The number of halogens is 2. The molecule has 4 aromatic rings. The van der Waals surface area contributed by atoms with Crippen molar-refractivity contribution in [3.63, 3.8) is 0 Å². The summed E-state index contributed by atoms with van der Waals surface area (Å²) in [6, 6.07) is 11.0. The first kappa shape index (κ1) is 36.3. The third-order valence-electron chi connectivity index (χ3n) is 12.6. The molecule has 3 aliphatic heterocycles.